The number of carbonyl (C=O) groups excluding carboxylic acids is 5. The molecule has 14 heteroatoms. The van der Waals surface area contributed by atoms with Crippen LogP contribution in [-0.2, 0) is 23.9 Å². The van der Waals surface area contributed by atoms with Crippen LogP contribution >= 0.6 is 0 Å². The van der Waals surface area contributed by atoms with Gasteiger partial charge in [-0.1, -0.05) is 20.8 Å². The number of ketones is 1. The third-order valence-electron chi connectivity index (χ3n) is 7.76. The molecule has 1 heterocycles. The monoisotopic (exact) mass is 578 g/mol. The van der Waals surface area contributed by atoms with Gasteiger partial charge in [0.25, 0.3) is 11.8 Å². The molecule has 3 fully saturated rings. The summed E-state index contributed by atoms with van der Waals surface area (Å²) in [6.07, 6.45) is -1.63. The van der Waals surface area contributed by atoms with Gasteiger partial charge in [0, 0.05) is 31.3 Å². The number of Topliss-reactive ketones (excluding diaryl/α,β-unsaturated/α-hetero) is 1. The first kappa shape index (κ1) is 31.6. The maximum Gasteiger partial charge on any atom is 0.407 e. The number of carbonyl (C=O) groups is 5. The second kappa shape index (κ2) is 11.5. The molecule has 2 saturated carbocycles. The molecule has 0 bridgehead atoms. The predicted octanol–water partition coefficient (Wildman–Crippen LogP) is 2.40. The van der Waals surface area contributed by atoms with Gasteiger partial charge in [0.1, 0.15) is 12.1 Å². The van der Waals surface area contributed by atoms with Crippen molar-refractivity contribution >= 4 is 29.6 Å². The number of alkyl carbamates (subject to hydrolysis) is 1. The zero-order valence-electron chi connectivity index (χ0n) is 23.3. The van der Waals surface area contributed by atoms with Gasteiger partial charge in [-0.05, 0) is 43.9 Å². The van der Waals surface area contributed by atoms with Crippen LogP contribution < -0.4 is 16.0 Å². The lowest BCUT2D eigenvalue weighted by molar-refractivity contribution is -0.145. The van der Waals surface area contributed by atoms with Gasteiger partial charge >= 0.3 is 6.09 Å². The van der Waals surface area contributed by atoms with Crippen LogP contribution in [0, 0.1) is 17.3 Å². The van der Waals surface area contributed by atoms with Crippen molar-refractivity contribution in [3.63, 3.8) is 0 Å². The summed E-state index contributed by atoms with van der Waals surface area (Å²) in [5.41, 5.74) is -0.918. The lowest BCUT2D eigenvalue weighted by Gasteiger charge is -2.36. The highest BCUT2D eigenvalue weighted by molar-refractivity contribution is 6.38. The van der Waals surface area contributed by atoms with E-state index in [9.17, 15) is 41.5 Å². The standard InChI is InChI=1S/C26H38F4N4O6/c1-24(2,3)19(33-23(39)40-5)22(38)34-12-15-14(8-11-26(15,29)30)17(34)20(36)32-16(9-10-25(4,27)28)18(35)21(37)31-13-6-7-13/h13-17,19H,6-12H2,1-5H3,(H,31,37)(H,32,36)(H,33,39)/t14-,15-,16-,17-,19+/m0/s1. The second-order valence-electron chi connectivity index (χ2n) is 12.2. The maximum atomic E-state index is 14.8. The topological polar surface area (TPSA) is 134 Å². The van der Waals surface area contributed by atoms with Crippen LogP contribution in [0.15, 0.2) is 0 Å². The van der Waals surface area contributed by atoms with Crippen molar-refractivity contribution in [1.29, 1.82) is 0 Å². The van der Waals surface area contributed by atoms with E-state index in [1.165, 1.54) is 0 Å². The molecule has 2 aliphatic carbocycles. The number of ether oxygens (including phenoxy) is 1. The molecule has 0 spiro atoms. The fourth-order valence-corrected chi connectivity index (χ4v) is 5.38. The normalized spacial score (nSPS) is 25.4. The number of hydrogen-bond acceptors (Lipinski definition) is 6. The van der Waals surface area contributed by atoms with E-state index >= 15 is 0 Å². The summed E-state index contributed by atoms with van der Waals surface area (Å²) in [5, 5.41) is 7.19. The lowest BCUT2D eigenvalue weighted by Crippen LogP contribution is -2.60. The third kappa shape index (κ3) is 7.42. The molecule has 0 aromatic heterocycles. The Bertz CT molecular complexity index is 1020. The van der Waals surface area contributed by atoms with E-state index in [1.807, 2.05) is 0 Å². The Morgan fingerprint density at radius 2 is 1.65 bits per heavy atom. The Balaban J connectivity index is 1.90. The largest absolute Gasteiger partial charge is 0.453 e. The molecular formula is C26H38F4N4O6. The summed E-state index contributed by atoms with van der Waals surface area (Å²) < 4.78 is 61.5. The first-order valence-corrected chi connectivity index (χ1v) is 13.4. The van der Waals surface area contributed by atoms with Gasteiger partial charge in [0.15, 0.2) is 0 Å². The van der Waals surface area contributed by atoms with Crippen LogP contribution in [0.1, 0.15) is 66.2 Å². The maximum absolute atomic E-state index is 14.8. The fraction of sp³-hybridized carbons (Fsp3) is 0.808. The molecule has 226 valence electrons. The van der Waals surface area contributed by atoms with Gasteiger partial charge in [0.05, 0.1) is 13.2 Å². The minimum Gasteiger partial charge on any atom is -0.453 e. The molecule has 0 aromatic rings. The Labute approximate surface area is 230 Å². The van der Waals surface area contributed by atoms with Crippen LogP contribution in [0.2, 0.25) is 0 Å². The van der Waals surface area contributed by atoms with Gasteiger partial charge in [-0.25, -0.2) is 22.4 Å². The van der Waals surface area contributed by atoms with Crippen molar-refractivity contribution in [3.05, 3.63) is 0 Å². The molecular weight excluding hydrogens is 540 g/mol. The number of rotatable bonds is 10. The highest BCUT2D eigenvalue weighted by Crippen LogP contribution is 2.51. The van der Waals surface area contributed by atoms with Gasteiger partial charge in [-0.15, -0.1) is 0 Å². The van der Waals surface area contributed by atoms with Gasteiger partial charge in [0.2, 0.25) is 23.5 Å². The summed E-state index contributed by atoms with van der Waals surface area (Å²) in [6.45, 7) is 5.03. The van der Waals surface area contributed by atoms with Crippen molar-refractivity contribution in [3.8, 4) is 0 Å². The summed E-state index contributed by atoms with van der Waals surface area (Å²) >= 11 is 0. The fourth-order valence-electron chi connectivity index (χ4n) is 5.38. The van der Waals surface area contributed by atoms with Crippen LogP contribution in [0.4, 0.5) is 22.4 Å². The van der Waals surface area contributed by atoms with Gasteiger partial charge in [-0.2, -0.15) is 0 Å². The van der Waals surface area contributed by atoms with Crippen molar-refractivity contribution in [2.75, 3.05) is 13.7 Å². The van der Waals surface area contributed by atoms with E-state index in [0.29, 0.717) is 19.8 Å². The molecule has 40 heavy (non-hydrogen) atoms. The average molecular weight is 579 g/mol. The van der Waals surface area contributed by atoms with Crippen LogP contribution in [0.3, 0.4) is 0 Å². The number of halogens is 4. The minimum atomic E-state index is -3.20. The van der Waals surface area contributed by atoms with E-state index < -0.39 is 103 Å². The molecule has 3 aliphatic rings. The van der Waals surface area contributed by atoms with E-state index in [1.54, 1.807) is 20.8 Å². The number of amides is 4. The molecule has 4 amide bonds. The Morgan fingerprint density at radius 3 is 2.17 bits per heavy atom. The molecule has 5 atom stereocenters. The van der Waals surface area contributed by atoms with Crippen molar-refractivity contribution in [2.45, 2.75) is 102 Å². The van der Waals surface area contributed by atoms with Crippen molar-refractivity contribution in [1.82, 2.24) is 20.9 Å². The van der Waals surface area contributed by atoms with Crippen molar-refractivity contribution in [2.24, 2.45) is 17.3 Å². The summed E-state index contributed by atoms with van der Waals surface area (Å²) in [6, 6.07) is -4.59. The SMILES string of the molecule is COC(=O)N[C@H](C(=O)N1C[C@H]2[C@H](CCC2(F)F)[C@H]1C(=O)N[C@@H](CCC(C)(F)F)C(=O)C(=O)NC1CC1)C(C)(C)C. The van der Waals surface area contributed by atoms with Crippen LogP contribution in [0.25, 0.3) is 0 Å². The average Bonchev–Trinajstić information content (AvgIpc) is 3.48. The number of fused-ring (bicyclic) bond motifs is 1. The predicted molar refractivity (Wildman–Crippen MR) is 133 cm³/mol. The Kier molecular flexibility index (Phi) is 9.10. The highest BCUT2D eigenvalue weighted by Gasteiger charge is 2.61. The number of nitrogens with one attached hydrogen (secondary N) is 3. The molecule has 3 N–H and O–H groups in total. The zero-order chi connectivity index (χ0) is 30.2. The van der Waals surface area contributed by atoms with E-state index in [4.69, 9.17) is 0 Å². The van der Waals surface area contributed by atoms with Gasteiger partial charge in [-0.3, -0.25) is 19.2 Å². The van der Waals surface area contributed by atoms with E-state index in [0.717, 1.165) is 12.0 Å². The second-order valence-corrected chi connectivity index (χ2v) is 12.2. The lowest BCUT2D eigenvalue weighted by atomic mass is 9.85. The van der Waals surface area contributed by atoms with E-state index in [-0.39, 0.29) is 12.5 Å². The first-order valence-electron chi connectivity index (χ1n) is 13.4. The molecule has 1 aliphatic heterocycles. The molecule has 10 nitrogen and oxygen atoms in total. The van der Waals surface area contributed by atoms with Crippen LogP contribution in [-0.4, -0.2) is 84.2 Å². The Morgan fingerprint density at radius 1 is 1.02 bits per heavy atom. The highest BCUT2D eigenvalue weighted by atomic mass is 19.3. The molecule has 0 radical (unpaired) electrons. The third-order valence-corrected chi connectivity index (χ3v) is 7.76. The summed E-state index contributed by atoms with van der Waals surface area (Å²) in [5.74, 6) is -12.7. The smallest absolute Gasteiger partial charge is 0.407 e. The number of nitrogens with zero attached hydrogens (tertiary/aromatic N) is 1. The number of hydrogen-bond donors (Lipinski definition) is 3. The zero-order valence-corrected chi connectivity index (χ0v) is 23.3. The van der Waals surface area contributed by atoms with Crippen LogP contribution in [0.5, 0.6) is 0 Å². The van der Waals surface area contributed by atoms with Gasteiger partial charge < -0.3 is 25.6 Å². The summed E-state index contributed by atoms with van der Waals surface area (Å²) in [4.78, 5) is 65.6. The molecule has 0 unspecified atom stereocenters. The van der Waals surface area contributed by atoms with E-state index in [2.05, 4.69) is 20.7 Å². The summed E-state index contributed by atoms with van der Waals surface area (Å²) in [7, 11) is 1.09. The van der Waals surface area contributed by atoms with Crippen molar-refractivity contribution < 1.29 is 46.3 Å². The number of likely N-dealkylation sites (tertiary alicyclic amines) is 1. The first-order chi connectivity index (χ1) is 18.4. The molecule has 3 rings (SSSR count). The molecule has 1 saturated heterocycles. The molecule has 0 aromatic carbocycles. The quantitative estimate of drug-likeness (QED) is 0.269. The number of alkyl halides is 4. The Hall–Kier alpha value is -2.93. The number of methoxy groups -OCH3 is 1. The minimum absolute atomic E-state index is 0.0992.